The molecule has 0 radical (unpaired) electrons. The molecular weight excluding hydrogens is 407 g/mol. The van der Waals surface area contributed by atoms with E-state index in [1.54, 1.807) is 16.8 Å². The highest BCUT2D eigenvalue weighted by Gasteiger charge is 2.24. The van der Waals surface area contributed by atoms with Crippen molar-refractivity contribution in [3.05, 3.63) is 82.9 Å². The summed E-state index contributed by atoms with van der Waals surface area (Å²) < 4.78 is 15.0. The van der Waals surface area contributed by atoms with Gasteiger partial charge in [-0.1, -0.05) is 18.2 Å². The van der Waals surface area contributed by atoms with Crippen LogP contribution < -0.4 is 0 Å². The highest BCUT2D eigenvalue weighted by molar-refractivity contribution is 5.94. The predicted octanol–water partition coefficient (Wildman–Crippen LogP) is 3.55. The van der Waals surface area contributed by atoms with Crippen LogP contribution in [0.15, 0.2) is 54.6 Å². The first kappa shape index (κ1) is 21.7. The first-order chi connectivity index (χ1) is 15.4. The number of hydrogen-bond acceptors (Lipinski definition) is 3. The summed E-state index contributed by atoms with van der Waals surface area (Å²) in [5, 5.41) is 4.57. The summed E-state index contributed by atoms with van der Waals surface area (Å²) in [6.45, 7) is 6.11. The maximum atomic E-state index is 13.3. The number of carbonyl (C=O) groups is 2. The Morgan fingerprint density at radius 2 is 1.56 bits per heavy atom. The molecule has 1 fully saturated rings. The summed E-state index contributed by atoms with van der Waals surface area (Å²) >= 11 is 0. The number of nitrogens with zero attached hydrogens (tertiary/aromatic N) is 4. The van der Waals surface area contributed by atoms with Crippen LogP contribution in [0.1, 0.15) is 33.7 Å². The quantitative estimate of drug-likeness (QED) is 0.631. The number of aromatic nitrogens is 2. The number of aryl methyl sites for hydroxylation is 1. The van der Waals surface area contributed by atoms with E-state index in [1.165, 1.54) is 12.1 Å². The van der Waals surface area contributed by atoms with Crippen molar-refractivity contribution in [1.29, 1.82) is 0 Å². The van der Waals surface area contributed by atoms with E-state index in [-0.39, 0.29) is 24.1 Å². The molecule has 32 heavy (non-hydrogen) atoms. The Morgan fingerprint density at radius 1 is 0.906 bits per heavy atom. The van der Waals surface area contributed by atoms with Crippen LogP contribution in [0.4, 0.5) is 4.39 Å². The summed E-state index contributed by atoms with van der Waals surface area (Å²) in [5.74, 6) is -0.261. The molecule has 0 saturated carbocycles. The van der Waals surface area contributed by atoms with Gasteiger partial charge in [-0.25, -0.2) is 9.07 Å². The first-order valence-electron chi connectivity index (χ1n) is 10.9. The van der Waals surface area contributed by atoms with Crippen LogP contribution in [-0.4, -0.2) is 57.6 Å². The first-order valence-corrected chi connectivity index (χ1v) is 10.9. The summed E-state index contributed by atoms with van der Waals surface area (Å²) in [5.41, 5.74) is 3.98. The van der Waals surface area contributed by atoms with Crippen LogP contribution >= 0.6 is 0 Å². The molecular formula is C25H27FN4O2. The zero-order valence-electron chi connectivity index (χ0n) is 18.4. The summed E-state index contributed by atoms with van der Waals surface area (Å²) in [6, 6.07) is 15.4. The van der Waals surface area contributed by atoms with E-state index in [2.05, 4.69) is 5.10 Å². The zero-order chi connectivity index (χ0) is 22.7. The molecule has 4 rings (SSSR count). The third-order valence-corrected chi connectivity index (χ3v) is 6.00. The summed E-state index contributed by atoms with van der Waals surface area (Å²) in [4.78, 5) is 29.5. The Balaban J connectivity index is 1.43. The largest absolute Gasteiger partial charge is 0.341 e. The van der Waals surface area contributed by atoms with Crippen molar-refractivity contribution < 1.29 is 14.0 Å². The number of carbonyl (C=O) groups excluding carboxylic acids is 2. The monoisotopic (exact) mass is 434 g/mol. The predicted molar refractivity (Wildman–Crippen MR) is 120 cm³/mol. The van der Waals surface area contributed by atoms with Gasteiger partial charge in [-0.3, -0.25) is 9.59 Å². The molecule has 3 aromatic rings. The fourth-order valence-corrected chi connectivity index (χ4v) is 4.16. The van der Waals surface area contributed by atoms with Crippen LogP contribution in [0.3, 0.4) is 0 Å². The van der Waals surface area contributed by atoms with Gasteiger partial charge in [-0.2, -0.15) is 5.10 Å². The van der Waals surface area contributed by atoms with Gasteiger partial charge in [0.25, 0.3) is 5.91 Å². The lowest BCUT2D eigenvalue weighted by Crippen LogP contribution is -2.38. The van der Waals surface area contributed by atoms with Gasteiger partial charge in [0, 0.05) is 43.0 Å². The second kappa shape index (κ2) is 9.34. The SMILES string of the molecule is Cc1nn(-c2ccc(F)cc2)c(C)c1CC(=O)N1CCCN(C(=O)c2ccccc2)CC1. The molecule has 1 aromatic heterocycles. The normalized spacial score (nSPS) is 14.3. The van der Waals surface area contributed by atoms with Crippen molar-refractivity contribution >= 4 is 11.8 Å². The molecule has 2 amide bonds. The van der Waals surface area contributed by atoms with Gasteiger partial charge in [-0.05, 0) is 56.7 Å². The lowest BCUT2D eigenvalue weighted by atomic mass is 10.1. The maximum absolute atomic E-state index is 13.3. The number of halogens is 1. The summed E-state index contributed by atoms with van der Waals surface area (Å²) in [7, 11) is 0. The van der Waals surface area contributed by atoms with E-state index in [9.17, 15) is 14.0 Å². The van der Waals surface area contributed by atoms with Gasteiger partial charge in [-0.15, -0.1) is 0 Å². The lowest BCUT2D eigenvalue weighted by Gasteiger charge is -2.22. The number of benzene rings is 2. The van der Waals surface area contributed by atoms with Crippen molar-refractivity contribution in [2.24, 2.45) is 0 Å². The van der Waals surface area contributed by atoms with Crippen molar-refractivity contribution in [3.8, 4) is 5.69 Å². The number of rotatable bonds is 4. The molecule has 7 heteroatoms. The molecule has 6 nitrogen and oxygen atoms in total. The fraction of sp³-hybridized carbons (Fsp3) is 0.320. The molecule has 166 valence electrons. The molecule has 1 aliphatic heterocycles. The molecule has 0 spiro atoms. The molecule has 2 aromatic carbocycles. The third-order valence-electron chi connectivity index (χ3n) is 6.00. The highest BCUT2D eigenvalue weighted by Crippen LogP contribution is 2.20. The Morgan fingerprint density at radius 3 is 2.28 bits per heavy atom. The molecule has 0 atom stereocenters. The summed E-state index contributed by atoms with van der Waals surface area (Å²) in [6.07, 6.45) is 1.00. The second-order valence-electron chi connectivity index (χ2n) is 8.11. The number of amides is 2. The lowest BCUT2D eigenvalue weighted by molar-refractivity contribution is -0.130. The van der Waals surface area contributed by atoms with Crippen molar-refractivity contribution in [3.63, 3.8) is 0 Å². The van der Waals surface area contributed by atoms with Crippen LogP contribution in [0.2, 0.25) is 0 Å². The molecule has 1 saturated heterocycles. The van der Waals surface area contributed by atoms with Crippen molar-refractivity contribution in [2.45, 2.75) is 26.7 Å². The van der Waals surface area contributed by atoms with Gasteiger partial charge in [0.2, 0.25) is 5.91 Å². The van der Waals surface area contributed by atoms with Crippen molar-refractivity contribution in [1.82, 2.24) is 19.6 Å². The molecule has 1 aliphatic rings. The molecule has 0 unspecified atom stereocenters. The van der Waals surface area contributed by atoms with Crippen molar-refractivity contribution in [2.75, 3.05) is 26.2 Å². The van der Waals surface area contributed by atoms with Gasteiger partial charge in [0.15, 0.2) is 0 Å². The van der Waals surface area contributed by atoms with Gasteiger partial charge in [0.05, 0.1) is 17.8 Å². The maximum Gasteiger partial charge on any atom is 0.253 e. The van der Waals surface area contributed by atoms with E-state index in [4.69, 9.17) is 0 Å². The average molecular weight is 435 g/mol. The standard InChI is InChI=1S/C25H27FN4O2/c1-18-23(19(2)30(27-18)22-11-9-21(26)10-12-22)17-24(31)28-13-6-14-29(16-15-28)25(32)20-7-4-3-5-8-20/h3-5,7-12H,6,13-17H2,1-2H3. The van der Waals surface area contributed by atoms with Gasteiger partial charge in [0.1, 0.15) is 5.82 Å². The molecule has 0 aliphatic carbocycles. The molecule has 0 bridgehead atoms. The van der Waals surface area contributed by atoms with Crippen LogP contribution in [0, 0.1) is 19.7 Å². The van der Waals surface area contributed by atoms with Crippen LogP contribution in [0.5, 0.6) is 0 Å². The number of hydrogen-bond donors (Lipinski definition) is 0. The van der Waals surface area contributed by atoms with Gasteiger partial charge >= 0.3 is 0 Å². The Bertz CT molecular complexity index is 1110. The topological polar surface area (TPSA) is 58.4 Å². The van der Waals surface area contributed by atoms with Gasteiger partial charge < -0.3 is 9.80 Å². The zero-order valence-corrected chi connectivity index (χ0v) is 18.4. The Hall–Kier alpha value is -3.48. The van der Waals surface area contributed by atoms with E-state index in [0.717, 1.165) is 29.1 Å². The smallest absolute Gasteiger partial charge is 0.253 e. The Labute approximate surface area is 187 Å². The van der Waals surface area contributed by atoms with E-state index in [0.29, 0.717) is 31.7 Å². The van der Waals surface area contributed by atoms with Crippen LogP contribution in [-0.2, 0) is 11.2 Å². The fourth-order valence-electron chi connectivity index (χ4n) is 4.16. The minimum Gasteiger partial charge on any atom is -0.341 e. The minimum atomic E-state index is -0.299. The third kappa shape index (κ3) is 4.56. The second-order valence-corrected chi connectivity index (χ2v) is 8.11. The average Bonchev–Trinajstić information content (AvgIpc) is 2.98. The molecule has 0 N–H and O–H groups in total. The van der Waals surface area contributed by atoms with Crippen LogP contribution in [0.25, 0.3) is 5.69 Å². The molecule has 2 heterocycles. The van der Waals surface area contributed by atoms with E-state index < -0.39 is 0 Å². The Kier molecular flexibility index (Phi) is 6.35. The van der Waals surface area contributed by atoms with E-state index in [1.807, 2.05) is 54.0 Å². The minimum absolute atomic E-state index is 0.00663. The van der Waals surface area contributed by atoms with E-state index >= 15 is 0 Å². The highest BCUT2D eigenvalue weighted by atomic mass is 19.1.